The quantitative estimate of drug-likeness (QED) is 0.444. The van der Waals surface area contributed by atoms with Crippen molar-refractivity contribution in [2.75, 3.05) is 17.7 Å². The number of fused-ring (bicyclic) bond motifs is 1. The first kappa shape index (κ1) is 21.3. The van der Waals surface area contributed by atoms with E-state index in [9.17, 15) is 23.5 Å². The molecule has 3 aromatic rings. The summed E-state index contributed by atoms with van der Waals surface area (Å²) in [7, 11) is 1.66. The van der Waals surface area contributed by atoms with Gasteiger partial charge in [0.15, 0.2) is 5.65 Å². The third-order valence-corrected chi connectivity index (χ3v) is 6.35. The molecule has 2 aliphatic carbocycles. The van der Waals surface area contributed by atoms with Crippen molar-refractivity contribution in [1.82, 2.24) is 24.5 Å². The van der Waals surface area contributed by atoms with Gasteiger partial charge in [0, 0.05) is 25.7 Å². The number of amides is 1. The molecule has 0 saturated heterocycles. The van der Waals surface area contributed by atoms with Gasteiger partial charge >= 0.3 is 0 Å². The maximum absolute atomic E-state index is 13.6. The average molecular weight is 459 g/mol. The molecule has 3 heterocycles. The number of halogens is 2. The fourth-order valence-electron chi connectivity index (χ4n) is 4.08. The first-order valence-electron chi connectivity index (χ1n) is 10.7. The zero-order valence-electron chi connectivity index (χ0n) is 17.8. The van der Waals surface area contributed by atoms with Gasteiger partial charge < -0.3 is 25.6 Å². The Hall–Kier alpha value is -3.54. The van der Waals surface area contributed by atoms with Crippen molar-refractivity contribution in [2.45, 2.75) is 49.8 Å². The summed E-state index contributed by atoms with van der Waals surface area (Å²) >= 11 is 0. The minimum Gasteiger partial charge on any atom is -0.391 e. The number of hydrogen-bond donors (Lipinski definition) is 4. The van der Waals surface area contributed by atoms with Gasteiger partial charge in [0.05, 0.1) is 24.4 Å². The van der Waals surface area contributed by atoms with Gasteiger partial charge in [0.25, 0.3) is 17.4 Å². The second-order valence-corrected chi connectivity index (χ2v) is 8.37. The van der Waals surface area contributed by atoms with Crippen molar-refractivity contribution in [2.24, 2.45) is 0 Å². The Labute approximate surface area is 186 Å². The van der Waals surface area contributed by atoms with Crippen LogP contribution in [0.1, 0.15) is 42.1 Å². The molecule has 0 spiro atoms. The van der Waals surface area contributed by atoms with Crippen molar-refractivity contribution in [3.63, 3.8) is 0 Å². The maximum atomic E-state index is 13.6. The van der Waals surface area contributed by atoms with Crippen LogP contribution < -0.4 is 21.5 Å². The highest BCUT2D eigenvalue weighted by atomic mass is 19.3. The fraction of sp³-hybridized carbons (Fsp3) is 0.429. The highest BCUT2D eigenvalue weighted by Crippen LogP contribution is 2.37. The van der Waals surface area contributed by atoms with E-state index in [-0.39, 0.29) is 47.2 Å². The highest BCUT2D eigenvalue weighted by molar-refractivity contribution is 6.00. The topological polar surface area (TPSA) is 126 Å². The Morgan fingerprint density at radius 2 is 2.12 bits per heavy atom. The summed E-state index contributed by atoms with van der Waals surface area (Å²) in [6, 6.07) is 3.42. The molecule has 2 fully saturated rings. The molecule has 0 aliphatic heterocycles. The highest BCUT2D eigenvalue weighted by Gasteiger charge is 2.49. The van der Waals surface area contributed by atoms with Crippen LogP contribution >= 0.6 is 0 Å². The molecular formula is C21H23F2N7O3. The third-order valence-electron chi connectivity index (χ3n) is 6.35. The number of carbonyl (C=O) groups excluding carboxylic acids is 1. The molecule has 3 atom stereocenters. The van der Waals surface area contributed by atoms with Gasteiger partial charge in [-0.3, -0.25) is 9.59 Å². The second kappa shape index (κ2) is 7.80. The van der Waals surface area contributed by atoms with Crippen molar-refractivity contribution in [3.8, 4) is 0 Å². The monoisotopic (exact) mass is 459 g/mol. The van der Waals surface area contributed by atoms with Gasteiger partial charge in [-0.15, -0.1) is 0 Å². The van der Waals surface area contributed by atoms with Crippen LogP contribution in [-0.4, -0.2) is 55.3 Å². The van der Waals surface area contributed by atoms with Gasteiger partial charge in [0.2, 0.25) is 0 Å². The number of hydrogen-bond acceptors (Lipinski definition) is 7. The van der Waals surface area contributed by atoms with Gasteiger partial charge in [-0.05, 0) is 31.4 Å². The van der Waals surface area contributed by atoms with Crippen molar-refractivity contribution in [1.29, 1.82) is 0 Å². The molecule has 174 valence electrons. The van der Waals surface area contributed by atoms with Gasteiger partial charge in [-0.25, -0.2) is 13.8 Å². The molecule has 33 heavy (non-hydrogen) atoms. The first-order chi connectivity index (χ1) is 15.8. The Bertz CT molecular complexity index is 1290. The number of alkyl halides is 2. The van der Waals surface area contributed by atoms with Crippen LogP contribution in [0.5, 0.6) is 0 Å². The van der Waals surface area contributed by atoms with E-state index >= 15 is 0 Å². The summed E-state index contributed by atoms with van der Waals surface area (Å²) < 4.78 is 30.1. The van der Waals surface area contributed by atoms with Gasteiger partial charge in [-0.1, -0.05) is 0 Å². The summed E-state index contributed by atoms with van der Waals surface area (Å²) in [4.78, 5) is 30.0. The molecule has 10 nitrogen and oxygen atoms in total. The average Bonchev–Trinajstić information content (AvgIpc) is 3.21. The number of aromatic nitrogens is 4. The van der Waals surface area contributed by atoms with E-state index in [0.717, 1.165) is 0 Å². The minimum atomic E-state index is -2.92. The Morgan fingerprint density at radius 3 is 2.73 bits per heavy atom. The lowest BCUT2D eigenvalue weighted by Gasteiger charge is -2.36. The maximum Gasteiger partial charge on any atom is 0.274 e. The number of anilines is 3. The summed E-state index contributed by atoms with van der Waals surface area (Å²) in [5.41, 5.74) is 0.124. The summed E-state index contributed by atoms with van der Waals surface area (Å²) in [5.74, 6) is -2.88. The van der Waals surface area contributed by atoms with E-state index in [2.05, 4.69) is 26.0 Å². The Morgan fingerprint density at radius 1 is 1.30 bits per heavy atom. The smallest absolute Gasteiger partial charge is 0.274 e. The zero-order chi connectivity index (χ0) is 23.3. The summed E-state index contributed by atoms with van der Waals surface area (Å²) in [6.45, 7) is 0. The third kappa shape index (κ3) is 3.59. The summed E-state index contributed by atoms with van der Waals surface area (Å²) in [5, 5.41) is 22.4. The van der Waals surface area contributed by atoms with Gasteiger partial charge in [-0.2, -0.15) is 9.61 Å². The van der Waals surface area contributed by atoms with E-state index < -0.39 is 24.0 Å². The van der Waals surface area contributed by atoms with E-state index in [0.29, 0.717) is 18.7 Å². The molecule has 2 saturated carbocycles. The van der Waals surface area contributed by atoms with E-state index in [1.54, 1.807) is 31.4 Å². The SMILES string of the molecule is CNc1cc(Nc2cccn(C3CC[C@@H]3O)c2=O)nc2c(C(=O)N[C@H]3CCC3(F)F)cnn12. The molecule has 0 radical (unpaired) electrons. The number of nitrogens with one attached hydrogen (secondary N) is 3. The lowest BCUT2D eigenvalue weighted by molar-refractivity contribution is -0.102. The molecule has 12 heteroatoms. The molecule has 3 aromatic heterocycles. The number of carbonyl (C=O) groups is 1. The number of rotatable bonds is 6. The summed E-state index contributed by atoms with van der Waals surface area (Å²) in [6.07, 6.45) is 3.66. The number of aliphatic hydroxyl groups excluding tert-OH is 1. The standard InChI is InChI=1S/C21H23F2N7O3/c1-24-17-9-16(26-12-3-2-8-29(20(12)33)13-4-5-14(13)31)28-18-11(10-25-30(17)18)19(32)27-15-6-7-21(15,22)23/h2-3,8-10,13-15,24,31H,4-7H2,1H3,(H,26,28)(H,27,32)/t13?,14-,15-/m0/s1. The lowest BCUT2D eigenvalue weighted by Crippen LogP contribution is -2.55. The molecule has 2 aliphatic rings. The number of pyridine rings is 1. The molecular weight excluding hydrogens is 436 g/mol. The van der Waals surface area contributed by atoms with Crippen LogP contribution in [0, 0.1) is 0 Å². The molecule has 1 unspecified atom stereocenters. The largest absolute Gasteiger partial charge is 0.391 e. The predicted octanol–water partition coefficient (Wildman–Crippen LogP) is 1.90. The van der Waals surface area contributed by atoms with E-state index in [4.69, 9.17) is 0 Å². The van der Waals surface area contributed by atoms with Crippen LogP contribution in [0.15, 0.2) is 35.4 Å². The van der Waals surface area contributed by atoms with Crippen molar-refractivity contribution < 1.29 is 18.7 Å². The fourth-order valence-corrected chi connectivity index (χ4v) is 4.08. The van der Waals surface area contributed by atoms with Crippen molar-refractivity contribution >= 4 is 28.9 Å². The molecule has 0 aromatic carbocycles. The van der Waals surface area contributed by atoms with Crippen LogP contribution in [0.4, 0.5) is 26.1 Å². The predicted molar refractivity (Wildman–Crippen MR) is 116 cm³/mol. The number of nitrogens with zero attached hydrogens (tertiary/aromatic N) is 4. The van der Waals surface area contributed by atoms with Crippen molar-refractivity contribution in [3.05, 3.63) is 46.5 Å². The van der Waals surface area contributed by atoms with E-state index in [1.165, 1.54) is 15.3 Å². The van der Waals surface area contributed by atoms with E-state index in [1.807, 2.05) is 0 Å². The normalized spacial score (nSPS) is 23.5. The molecule has 5 rings (SSSR count). The Balaban J connectivity index is 1.47. The lowest BCUT2D eigenvalue weighted by atomic mass is 9.88. The van der Waals surface area contributed by atoms with Crippen LogP contribution in [0.3, 0.4) is 0 Å². The molecule has 4 N–H and O–H groups in total. The number of aliphatic hydroxyl groups is 1. The first-order valence-corrected chi connectivity index (χ1v) is 10.7. The van der Waals surface area contributed by atoms with Crippen LogP contribution in [0.25, 0.3) is 5.65 Å². The molecule has 1 amide bonds. The second-order valence-electron chi connectivity index (χ2n) is 8.37. The van der Waals surface area contributed by atoms with Gasteiger partial charge in [0.1, 0.15) is 22.9 Å². The molecule has 0 bridgehead atoms. The van der Waals surface area contributed by atoms with Crippen LogP contribution in [-0.2, 0) is 0 Å². The van der Waals surface area contributed by atoms with Crippen LogP contribution in [0.2, 0.25) is 0 Å². The zero-order valence-corrected chi connectivity index (χ0v) is 17.8. The Kier molecular flexibility index (Phi) is 5.04. The minimum absolute atomic E-state index is 0.0425.